The van der Waals surface area contributed by atoms with Crippen LogP contribution in [0.5, 0.6) is 11.5 Å². The Morgan fingerprint density at radius 1 is 1.10 bits per heavy atom. The molecule has 0 saturated carbocycles. The molecule has 2 aromatic carbocycles. The lowest BCUT2D eigenvalue weighted by Gasteiger charge is -2.14. The number of benzene rings is 2. The van der Waals surface area contributed by atoms with E-state index in [4.69, 9.17) is 16.3 Å². The molecule has 0 aliphatic heterocycles. The van der Waals surface area contributed by atoms with Crippen LogP contribution in [0.25, 0.3) is 10.9 Å². The maximum absolute atomic E-state index is 12.2. The Labute approximate surface area is 183 Å². The number of phenolic OH excluding ortho intramolecular Hbond substituents is 2. The van der Waals surface area contributed by atoms with Gasteiger partial charge in [0.1, 0.15) is 22.9 Å². The van der Waals surface area contributed by atoms with Gasteiger partial charge in [-0.3, -0.25) is 4.98 Å². The standard InChI is InChI=1S/C23H20ClN3O4/c1-31-23(30)21-16(22(24)19(29)12-18(21)28)7-8-20-26-10-11-27(20)13-14-4-2-6-17-15(14)5-3-9-25-17/h2-6,9-12,28-29H,7-8,13H2,1H3. The Balaban J connectivity index is 1.62. The van der Waals surface area contributed by atoms with Gasteiger partial charge < -0.3 is 19.5 Å². The molecule has 31 heavy (non-hydrogen) atoms. The van der Waals surface area contributed by atoms with Gasteiger partial charge in [-0.05, 0) is 29.7 Å². The van der Waals surface area contributed by atoms with E-state index in [-0.39, 0.29) is 28.5 Å². The number of ether oxygens (including phenoxy) is 1. The SMILES string of the molecule is COC(=O)c1c(O)cc(O)c(Cl)c1CCc1nccn1Cc1cccc2ncccc12. The lowest BCUT2D eigenvalue weighted by Crippen LogP contribution is -2.10. The summed E-state index contributed by atoms with van der Waals surface area (Å²) in [5.41, 5.74) is 2.29. The summed E-state index contributed by atoms with van der Waals surface area (Å²) in [6, 6.07) is 11.0. The third-order valence-electron chi connectivity index (χ3n) is 5.19. The molecule has 0 radical (unpaired) electrons. The Hall–Kier alpha value is -3.58. The van der Waals surface area contributed by atoms with E-state index in [0.717, 1.165) is 28.4 Å². The Morgan fingerprint density at radius 2 is 1.94 bits per heavy atom. The predicted molar refractivity (Wildman–Crippen MR) is 117 cm³/mol. The molecule has 0 saturated heterocycles. The predicted octanol–water partition coefficient (Wildman–Crippen LogP) is 4.12. The van der Waals surface area contributed by atoms with Crippen LogP contribution in [0.1, 0.15) is 27.3 Å². The largest absolute Gasteiger partial charge is 0.507 e. The normalized spacial score (nSPS) is 11.0. The first-order chi connectivity index (χ1) is 15.0. The van der Waals surface area contributed by atoms with Crippen LogP contribution in [0.4, 0.5) is 0 Å². The van der Waals surface area contributed by atoms with Crippen molar-refractivity contribution in [2.45, 2.75) is 19.4 Å². The first-order valence-corrected chi connectivity index (χ1v) is 10.0. The number of aromatic nitrogens is 3. The van der Waals surface area contributed by atoms with Gasteiger partial charge in [-0.15, -0.1) is 0 Å². The van der Waals surface area contributed by atoms with Gasteiger partial charge in [-0.2, -0.15) is 0 Å². The number of rotatable bonds is 6. The molecular weight excluding hydrogens is 418 g/mol. The molecule has 0 aliphatic rings. The van der Waals surface area contributed by atoms with E-state index in [1.807, 2.05) is 41.1 Å². The molecule has 8 heteroatoms. The van der Waals surface area contributed by atoms with Gasteiger partial charge in [0, 0.05) is 43.0 Å². The third kappa shape index (κ3) is 4.04. The summed E-state index contributed by atoms with van der Waals surface area (Å²) in [6.45, 7) is 0.598. The third-order valence-corrected chi connectivity index (χ3v) is 5.61. The van der Waals surface area contributed by atoms with E-state index in [2.05, 4.69) is 9.97 Å². The number of hydrogen-bond donors (Lipinski definition) is 2. The van der Waals surface area contributed by atoms with E-state index in [1.165, 1.54) is 7.11 Å². The van der Waals surface area contributed by atoms with Crippen molar-refractivity contribution in [3.8, 4) is 11.5 Å². The lowest BCUT2D eigenvalue weighted by molar-refractivity contribution is 0.0596. The minimum absolute atomic E-state index is 0.0106. The number of halogens is 1. The molecule has 0 fully saturated rings. The van der Waals surface area contributed by atoms with Crippen molar-refractivity contribution in [1.82, 2.24) is 14.5 Å². The number of carbonyl (C=O) groups is 1. The average molecular weight is 438 g/mol. The number of nitrogens with zero attached hydrogens (tertiary/aromatic N) is 3. The quantitative estimate of drug-likeness (QED) is 0.440. The van der Waals surface area contributed by atoms with Crippen molar-refractivity contribution >= 4 is 28.5 Å². The maximum atomic E-state index is 12.2. The number of aromatic hydroxyl groups is 2. The number of pyridine rings is 1. The van der Waals surface area contributed by atoms with Gasteiger partial charge in [0.15, 0.2) is 0 Å². The van der Waals surface area contributed by atoms with Gasteiger partial charge in [-0.25, -0.2) is 9.78 Å². The molecular formula is C23H20ClN3O4. The number of fused-ring (bicyclic) bond motifs is 1. The zero-order valence-corrected chi connectivity index (χ0v) is 17.5. The molecule has 7 nitrogen and oxygen atoms in total. The molecule has 158 valence electrons. The number of carbonyl (C=O) groups excluding carboxylic acids is 1. The van der Waals surface area contributed by atoms with Crippen molar-refractivity contribution in [2.75, 3.05) is 7.11 Å². The average Bonchev–Trinajstić information content (AvgIpc) is 3.22. The highest BCUT2D eigenvalue weighted by Gasteiger charge is 2.23. The second kappa shape index (κ2) is 8.65. The Morgan fingerprint density at radius 3 is 2.74 bits per heavy atom. The highest BCUT2D eigenvalue weighted by Crippen LogP contribution is 2.37. The summed E-state index contributed by atoms with van der Waals surface area (Å²) in [7, 11) is 1.22. The van der Waals surface area contributed by atoms with Crippen LogP contribution in [0.2, 0.25) is 5.02 Å². The summed E-state index contributed by atoms with van der Waals surface area (Å²) in [6.07, 6.45) is 6.07. The maximum Gasteiger partial charge on any atom is 0.341 e. The van der Waals surface area contributed by atoms with Crippen molar-refractivity contribution < 1.29 is 19.7 Å². The second-order valence-corrected chi connectivity index (χ2v) is 7.41. The molecule has 0 amide bonds. The van der Waals surface area contributed by atoms with Crippen LogP contribution >= 0.6 is 11.6 Å². The summed E-state index contributed by atoms with van der Waals surface area (Å²) in [5, 5.41) is 21.2. The smallest absolute Gasteiger partial charge is 0.341 e. The molecule has 2 N–H and O–H groups in total. The summed E-state index contributed by atoms with van der Waals surface area (Å²) < 4.78 is 6.78. The van der Waals surface area contributed by atoms with E-state index >= 15 is 0 Å². The van der Waals surface area contributed by atoms with Crippen molar-refractivity contribution in [3.05, 3.63) is 82.5 Å². The van der Waals surface area contributed by atoms with Crippen LogP contribution in [-0.4, -0.2) is 37.8 Å². The molecule has 4 aromatic rings. The van der Waals surface area contributed by atoms with Crippen LogP contribution < -0.4 is 0 Å². The number of hydrogen-bond acceptors (Lipinski definition) is 6. The van der Waals surface area contributed by atoms with E-state index in [1.54, 1.807) is 12.4 Å². The van der Waals surface area contributed by atoms with Crippen LogP contribution in [0, 0.1) is 0 Å². The topological polar surface area (TPSA) is 97.5 Å². The van der Waals surface area contributed by atoms with Gasteiger partial charge in [-0.1, -0.05) is 29.8 Å². The molecule has 2 heterocycles. The molecule has 0 spiro atoms. The molecule has 0 atom stereocenters. The van der Waals surface area contributed by atoms with Crippen LogP contribution in [-0.2, 0) is 24.1 Å². The molecule has 0 aliphatic carbocycles. The minimum atomic E-state index is -0.721. The highest BCUT2D eigenvalue weighted by molar-refractivity contribution is 6.33. The first-order valence-electron chi connectivity index (χ1n) is 9.64. The fourth-order valence-corrected chi connectivity index (χ4v) is 3.93. The summed E-state index contributed by atoms with van der Waals surface area (Å²) in [5.74, 6) is -0.625. The van der Waals surface area contributed by atoms with E-state index in [0.29, 0.717) is 18.5 Å². The fraction of sp³-hybridized carbons (Fsp3) is 0.174. The lowest BCUT2D eigenvalue weighted by atomic mass is 10.0. The number of esters is 1. The number of imidazole rings is 1. The highest BCUT2D eigenvalue weighted by atomic mass is 35.5. The molecule has 0 unspecified atom stereocenters. The van der Waals surface area contributed by atoms with Crippen molar-refractivity contribution in [3.63, 3.8) is 0 Å². The van der Waals surface area contributed by atoms with Crippen LogP contribution in [0.3, 0.4) is 0 Å². The van der Waals surface area contributed by atoms with Crippen molar-refractivity contribution in [1.29, 1.82) is 0 Å². The fourth-order valence-electron chi connectivity index (χ4n) is 3.69. The van der Waals surface area contributed by atoms with Crippen LogP contribution in [0.15, 0.2) is 55.0 Å². The summed E-state index contributed by atoms with van der Waals surface area (Å²) in [4.78, 5) is 21.0. The zero-order valence-electron chi connectivity index (χ0n) is 16.7. The Bertz CT molecular complexity index is 1260. The molecule has 4 rings (SSSR count). The number of aryl methyl sites for hydroxylation is 1. The first kappa shape index (κ1) is 20.7. The van der Waals surface area contributed by atoms with Gasteiger partial charge in [0.2, 0.25) is 0 Å². The zero-order chi connectivity index (χ0) is 22.0. The Kier molecular flexibility index (Phi) is 5.77. The monoisotopic (exact) mass is 437 g/mol. The second-order valence-electron chi connectivity index (χ2n) is 7.03. The van der Waals surface area contributed by atoms with E-state index in [9.17, 15) is 15.0 Å². The van der Waals surface area contributed by atoms with Gasteiger partial charge in [0.25, 0.3) is 0 Å². The molecule has 0 bridgehead atoms. The minimum Gasteiger partial charge on any atom is -0.507 e. The summed E-state index contributed by atoms with van der Waals surface area (Å²) >= 11 is 6.24. The van der Waals surface area contributed by atoms with Crippen molar-refractivity contribution in [2.24, 2.45) is 0 Å². The molecule has 2 aromatic heterocycles. The van der Waals surface area contributed by atoms with Gasteiger partial charge >= 0.3 is 5.97 Å². The number of methoxy groups -OCH3 is 1. The number of phenols is 2. The van der Waals surface area contributed by atoms with Gasteiger partial charge in [0.05, 0.1) is 17.6 Å². The van der Waals surface area contributed by atoms with E-state index < -0.39 is 5.97 Å².